The van der Waals surface area contributed by atoms with Crippen LogP contribution in [0.15, 0.2) is 24.3 Å². The third-order valence-corrected chi connectivity index (χ3v) is 2.68. The smallest absolute Gasteiger partial charge is 0.0171 e. The van der Waals surface area contributed by atoms with Crippen LogP contribution in [0, 0.1) is 6.42 Å². The SMILES string of the molecule is [CH]1C=CCCC=CCCCCCCC1. The van der Waals surface area contributed by atoms with Gasteiger partial charge in [0.05, 0.1) is 0 Å². The minimum Gasteiger partial charge on any atom is -0.0885 e. The Morgan fingerprint density at radius 1 is 0.500 bits per heavy atom. The predicted molar refractivity (Wildman–Crippen MR) is 64.1 cm³/mol. The summed E-state index contributed by atoms with van der Waals surface area (Å²) in [5, 5.41) is 0. The van der Waals surface area contributed by atoms with Gasteiger partial charge in [0.1, 0.15) is 0 Å². The van der Waals surface area contributed by atoms with Gasteiger partial charge in [0.25, 0.3) is 0 Å². The molecule has 0 nitrogen and oxygen atoms in total. The fourth-order valence-electron chi connectivity index (χ4n) is 1.77. The van der Waals surface area contributed by atoms with Crippen molar-refractivity contribution in [3.05, 3.63) is 30.7 Å². The lowest BCUT2D eigenvalue weighted by atomic mass is 10.1. The van der Waals surface area contributed by atoms with Crippen molar-refractivity contribution in [1.29, 1.82) is 0 Å². The molecule has 0 bridgehead atoms. The van der Waals surface area contributed by atoms with Gasteiger partial charge in [-0.2, -0.15) is 0 Å². The van der Waals surface area contributed by atoms with Crippen molar-refractivity contribution in [1.82, 2.24) is 0 Å². The summed E-state index contributed by atoms with van der Waals surface area (Å²) in [7, 11) is 0. The topological polar surface area (TPSA) is 0 Å². The molecule has 0 saturated carbocycles. The molecule has 1 aliphatic rings. The highest BCUT2D eigenvalue weighted by Crippen LogP contribution is 2.10. The molecule has 0 amide bonds. The highest BCUT2D eigenvalue weighted by Gasteiger charge is 1.90. The first-order valence-corrected chi connectivity index (χ1v) is 6.13. The van der Waals surface area contributed by atoms with Crippen LogP contribution in [0.2, 0.25) is 0 Å². The van der Waals surface area contributed by atoms with Crippen LogP contribution in [0.3, 0.4) is 0 Å². The molecule has 0 fully saturated rings. The predicted octanol–water partition coefficient (Wildman–Crippen LogP) is 4.83. The van der Waals surface area contributed by atoms with E-state index in [0.29, 0.717) is 0 Å². The Balaban J connectivity index is 2.17. The lowest BCUT2D eigenvalue weighted by molar-refractivity contribution is 0.617. The van der Waals surface area contributed by atoms with Crippen LogP contribution in [-0.2, 0) is 0 Å². The average molecular weight is 191 g/mol. The zero-order valence-corrected chi connectivity index (χ0v) is 9.25. The van der Waals surface area contributed by atoms with E-state index in [4.69, 9.17) is 0 Å². The molecule has 0 aromatic carbocycles. The van der Waals surface area contributed by atoms with E-state index in [1.54, 1.807) is 0 Å². The fourth-order valence-corrected chi connectivity index (χ4v) is 1.77. The molecular formula is C14H23. The van der Waals surface area contributed by atoms with Gasteiger partial charge in [-0.3, -0.25) is 0 Å². The molecule has 0 aromatic heterocycles. The van der Waals surface area contributed by atoms with E-state index < -0.39 is 0 Å². The maximum Gasteiger partial charge on any atom is -0.0171 e. The molecule has 1 radical (unpaired) electrons. The van der Waals surface area contributed by atoms with Crippen LogP contribution in [0.25, 0.3) is 0 Å². The maximum atomic E-state index is 2.35. The normalized spacial score (nSPS) is 21.7. The largest absolute Gasteiger partial charge is 0.0885 e. The molecular weight excluding hydrogens is 168 g/mol. The molecule has 1 aliphatic carbocycles. The molecule has 0 saturated heterocycles. The Hall–Kier alpha value is -0.520. The van der Waals surface area contributed by atoms with Crippen molar-refractivity contribution in [3.63, 3.8) is 0 Å². The van der Waals surface area contributed by atoms with Gasteiger partial charge in [0, 0.05) is 0 Å². The van der Waals surface area contributed by atoms with Gasteiger partial charge < -0.3 is 0 Å². The van der Waals surface area contributed by atoms with E-state index in [1.165, 1.54) is 57.8 Å². The molecule has 14 heavy (non-hydrogen) atoms. The lowest BCUT2D eigenvalue weighted by Crippen LogP contribution is -1.80. The molecule has 79 valence electrons. The Labute approximate surface area is 89.1 Å². The van der Waals surface area contributed by atoms with Crippen molar-refractivity contribution in [2.24, 2.45) is 0 Å². The second-order valence-electron chi connectivity index (χ2n) is 4.06. The summed E-state index contributed by atoms with van der Waals surface area (Å²) in [6.45, 7) is 0. The van der Waals surface area contributed by atoms with Crippen molar-refractivity contribution < 1.29 is 0 Å². The van der Waals surface area contributed by atoms with Crippen LogP contribution in [0.4, 0.5) is 0 Å². The summed E-state index contributed by atoms with van der Waals surface area (Å²) in [5.41, 5.74) is 0. The summed E-state index contributed by atoms with van der Waals surface area (Å²) >= 11 is 0. The zero-order chi connectivity index (χ0) is 9.90. The Kier molecular flexibility index (Phi) is 7.47. The number of allylic oxidation sites excluding steroid dienone is 4. The maximum absolute atomic E-state index is 2.35. The molecule has 0 atom stereocenters. The first-order valence-electron chi connectivity index (χ1n) is 6.13. The van der Waals surface area contributed by atoms with Gasteiger partial charge in [0.2, 0.25) is 0 Å². The Morgan fingerprint density at radius 3 is 2.07 bits per heavy atom. The number of hydrogen-bond acceptors (Lipinski definition) is 0. The van der Waals surface area contributed by atoms with E-state index in [2.05, 4.69) is 30.7 Å². The van der Waals surface area contributed by atoms with Gasteiger partial charge >= 0.3 is 0 Å². The third-order valence-electron chi connectivity index (χ3n) is 2.68. The Bertz CT molecular complexity index is 145. The molecule has 1 rings (SSSR count). The fraction of sp³-hybridized carbons (Fsp3) is 0.643. The van der Waals surface area contributed by atoms with Gasteiger partial charge in [-0.05, 0) is 38.5 Å². The minimum atomic E-state index is 1.20. The summed E-state index contributed by atoms with van der Waals surface area (Å²) in [5.74, 6) is 0. The van der Waals surface area contributed by atoms with Crippen molar-refractivity contribution in [2.45, 2.75) is 57.8 Å². The monoisotopic (exact) mass is 191 g/mol. The van der Waals surface area contributed by atoms with E-state index in [1.807, 2.05) is 0 Å². The van der Waals surface area contributed by atoms with Crippen molar-refractivity contribution >= 4 is 0 Å². The zero-order valence-electron chi connectivity index (χ0n) is 9.25. The van der Waals surface area contributed by atoms with E-state index in [9.17, 15) is 0 Å². The van der Waals surface area contributed by atoms with Crippen LogP contribution >= 0.6 is 0 Å². The second kappa shape index (κ2) is 9.05. The first-order chi connectivity index (χ1) is 7.00. The summed E-state index contributed by atoms with van der Waals surface area (Å²) in [6, 6.07) is 0. The Morgan fingerprint density at radius 2 is 1.14 bits per heavy atom. The van der Waals surface area contributed by atoms with Gasteiger partial charge in [-0.15, -0.1) is 0 Å². The quantitative estimate of drug-likeness (QED) is 0.481. The highest BCUT2D eigenvalue weighted by atomic mass is 14.0. The van der Waals surface area contributed by atoms with Gasteiger partial charge in [0.15, 0.2) is 0 Å². The van der Waals surface area contributed by atoms with Crippen LogP contribution in [-0.4, -0.2) is 0 Å². The minimum absolute atomic E-state index is 1.20. The number of hydrogen-bond donors (Lipinski definition) is 0. The first kappa shape index (κ1) is 11.6. The molecule has 0 spiro atoms. The highest BCUT2D eigenvalue weighted by molar-refractivity contribution is 4.96. The van der Waals surface area contributed by atoms with E-state index in [-0.39, 0.29) is 0 Å². The molecule has 0 heteroatoms. The molecule has 0 unspecified atom stereocenters. The second-order valence-corrected chi connectivity index (χ2v) is 4.06. The van der Waals surface area contributed by atoms with E-state index >= 15 is 0 Å². The van der Waals surface area contributed by atoms with Crippen molar-refractivity contribution in [3.8, 4) is 0 Å². The van der Waals surface area contributed by atoms with Gasteiger partial charge in [-0.25, -0.2) is 0 Å². The van der Waals surface area contributed by atoms with Gasteiger partial charge in [-0.1, -0.05) is 50.0 Å². The van der Waals surface area contributed by atoms with Crippen LogP contribution < -0.4 is 0 Å². The third kappa shape index (κ3) is 6.94. The lowest BCUT2D eigenvalue weighted by Gasteiger charge is -2.00. The molecule has 0 heterocycles. The summed E-state index contributed by atoms with van der Waals surface area (Å²) < 4.78 is 0. The van der Waals surface area contributed by atoms with Crippen LogP contribution in [0.5, 0.6) is 0 Å². The summed E-state index contributed by atoms with van der Waals surface area (Å²) in [4.78, 5) is 0. The average Bonchev–Trinajstić information content (AvgIpc) is 2.22. The summed E-state index contributed by atoms with van der Waals surface area (Å²) in [6.07, 6.45) is 23.5. The standard InChI is InChI=1S/C14H23/c1-2-4-6-8-10-12-14-13-11-9-7-5-3-1/h1-3,8,10H,4-7,9,11-14H2. The molecule has 0 aliphatic heterocycles. The number of rotatable bonds is 0. The molecule has 0 N–H and O–H groups in total. The molecule has 0 aromatic rings. The van der Waals surface area contributed by atoms with E-state index in [0.717, 1.165) is 0 Å². The van der Waals surface area contributed by atoms with Crippen LogP contribution in [0.1, 0.15) is 57.8 Å². The van der Waals surface area contributed by atoms with Crippen molar-refractivity contribution in [2.75, 3.05) is 0 Å².